The van der Waals surface area contributed by atoms with Crippen LogP contribution in [0.5, 0.6) is 5.75 Å². The third-order valence-corrected chi connectivity index (χ3v) is 6.01. The second-order valence-electron chi connectivity index (χ2n) is 8.74. The molecule has 0 bridgehead atoms. The summed E-state index contributed by atoms with van der Waals surface area (Å²) in [7, 11) is 0. The minimum Gasteiger partial charge on any atom is -0.507 e. The van der Waals surface area contributed by atoms with Crippen LogP contribution in [0.25, 0.3) is 5.76 Å². The van der Waals surface area contributed by atoms with Crippen molar-refractivity contribution in [2.75, 3.05) is 11.5 Å². The maximum Gasteiger partial charge on any atom is 0.300 e. The number of benzene rings is 2. The Morgan fingerprint density at radius 3 is 2.41 bits per heavy atom. The van der Waals surface area contributed by atoms with Crippen LogP contribution >= 0.6 is 0 Å². The van der Waals surface area contributed by atoms with E-state index in [-0.39, 0.29) is 11.3 Å². The average molecular weight is 460 g/mol. The van der Waals surface area contributed by atoms with Crippen molar-refractivity contribution >= 4 is 23.1 Å². The van der Waals surface area contributed by atoms with Gasteiger partial charge < -0.3 is 14.3 Å². The molecule has 3 aromatic rings. The molecule has 6 heteroatoms. The van der Waals surface area contributed by atoms with Crippen molar-refractivity contribution in [3.8, 4) is 5.75 Å². The molecule has 4 rings (SSSR count). The third kappa shape index (κ3) is 4.12. The highest BCUT2D eigenvalue weighted by atomic mass is 16.5. The Labute approximate surface area is 199 Å². The van der Waals surface area contributed by atoms with E-state index in [9.17, 15) is 14.7 Å². The van der Waals surface area contributed by atoms with Crippen molar-refractivity contribution < 1.29 is 23.8 Å². The molecule has 2 aromatic carbocycles. The highest BCUT2D eigenvalue weighted by Crippen LogP contribution is 2.44. The van der Waals surface area contributed by atoms with E-state index < -0.39 is 17.7 Å². The topological polar surface area (TPSA) is 80.0 Å². The van der Waals surface area contributed by atoms with Crippen molar-refractivity contribution in [2.45, 2.75) is 47.1 Å². The highest BCUT2D eigenvalue weighted by Gasteiger charge is 2.48. The number of rotatable bonds is 6. The lowest BCUT2D eigenvalue weighted by molar-refractivity contribution is -0.132. The van der Waals surface area contributed by atoms with Gasteiger partial charge in [0.05, 0.1) is 12.2 Å². The Morgan fingerprint density at radius 2 is 1.76 bits per heavy atom. The molecule has 1 amide bonds. The minimum atomic E-state index is -0.884. The van der Waals surface area contributed by atoms with Crippen LogP contribution in [0.4, 0.5) is 5.69 Å². The number of ketones is 1. The number of aryl methyl sites for hydroxylation is 4. The van der Waals surface area contributed by atoms with Gasteiger partial charge in [-0.2, -0.15) is 0 Å². The number of hydrogen-bond acceptors (Lipinski definition) is 5. The van der Waals surface area contributed by atoms with Gasteiger partial charge >= 0.3 is 0 Å². The second-order valence-corrected chi connectivity index (χ2v) is 8.74. The van der Waals surface area contributed by atoms with Crippen molar-refractivity contribution in [2.24, 2.45) is 0 Å². The number of hydrogen-bond donors (Lipinski definition) is 1. The van der Waals surface area contributed by atoms with Crippen LogP contribution in [0.2, 0.25) is 0 Å². The Hall–Kier alpha value is -3.80. The number of carbonyl (C=O) groups is 2. The summed E-state index contributed by atoms with van der Waals surface area (Å²) in [5.74, 6) is 0.0896. The SMILES string of the molecule is CCCOc1ccc(/C(O)=C2/C(=O)C(=O)N(c3cc(C)ccc3C)C2c2ccc(C)o2)cc1C. The standard InChI is InChI=1S/C28H29NO5/c1-6-13-33-22-12-10-20(15-18(22)4)26(30)24-25(23-11-9-19(5)34-23)29(28(32)27(24)31)21-14-16(2)7-8-17(21)3/h7-12,14-15,25,30H,6,13H2,1-5H3/b26-24-. The van der Waals surface area contributed by atoms with E-state index in [1.165, 1.54) is 4.90 Å². The largest absolute Gasteiger partial charge is 0.507 e. The number of furan rings is 1. The molecule has 1 saturated heterocycles. The van der Waals surface area contributed by atoms with E-state index in [4.69, 9.17) is 9.15 Å². The fourth-order valence-corrected chi connectivity index (χ4v) is 4.26. The lowest BCUT2D eigenvalue weighted by Crippen LogP contribution is -2.30. The Balaban J connectivity index is 1.89. The number of aliphatic hydroxyl groups is 1. The molecule has 0 aliphatic carbocycles. The fourth-order valence-electron chi connectivity index (χ4n) is 4.26. The zero-order chi connectivity index (χ0) is 24.6. The Kier molecular flexibility index (Phi) is 6.33. The summed E-state index contributed by atoms with van der Waals surface area (Å²) in [4.78, 5) is 28.1. The normalized spacial score (nSPS) is 17.4. The van der Waals surface area contributed by atoms with Gasteiger partial charge in [0.15, 0.2) is 0 Å². The number of amides is 1. The summed E-state index contributed by atoms with van der Waals surface area (Å²) in [6, 6.07) is 13.6. The van der Waals surface area contributed by atoms with Crippen molar-refractivity contribution in [1.82, 2.24) is 0 Å². The molecular formula is C28H29NO5. The Morgan fingerprint density at radius 1 is 1.00 bits per heavy atom. The van der Waals surface area contributed by atoms with Crippen LogP contribution in [-0.2, 0) is 9.59 Å². The molecule has 0 radical (unpaired) electrons. The predicted octanol–water partition coefficient (Wildman–Crippen LogP) is 5.93. The number of ether oxygens (including phenoxy) is 1. The van der Waals surface area contributed by atoms with E-state index in [0.29, 0.717) is 35.1 Å². The van der Waals surface area contributed by atoms with Gasteiger partial charge in [-0.3, -0.25) is 14.5 Å². The second kappa shape index (κ2) is 9.21. The molecule has 6 nitrogen and oxygen atoms in total. The Bertz CT molecular complexity index is 1300. The number of carbonyl (C=O) groups excluding carboxylic acids is 2. The van der Waals surface area contributed by atoms with E-state index in [0.717, 1.165) is 23.1 Å². The van der Waals surface area contributed by atoms with Crippen molar-refractivity contribution in [3.63, 3.8) is 0 Å². The molecule has 176 valence electrons. The predicted molar refractivity (Wildman–Crippen MR) is 131 cm³/mol. The zero-order valence-corrected chi connectivity index (χ0v) is 20.1. The van der Waals surface area contributed by atoms with Crippen LogP contribution in [0.1, 0.15) is 53.2 Å². The summed E-state index contributed by atoms with van der Waals surface area (Å²) >= 11 is 0. The van der Waals surface area contributed by atoms with Gasteiger partial charge in [-0.1, -0.05) is 19.1 Å². The molecule has 0 spiro atoms. The zero-order valence-electron chi connectivity index (χ0n) is 20.1. The first kappa shape index (κ1) is 23.4. The van der Waals surface area contributed by atoms with E-state index >= 15 is 0 Å². The average Bonchev–Trinajstić information content (AvgIpc) is 3.35. The molecule has 1 N–H and O–H groups in total. The molecule has 1 aromatic heterocycles. The van der Waals surface area contributed by atoms with Gasteiger partial charge in [0, 0.05) is 11.3 Å². The molecule has 2 heterocycles. The molecule has 1 fully saturated rings. The first-order valence-electron chi connectivity index (χ1n) is 11.4. The smallest absolute Gasteiger partial charge is 0.300 e. The highest BCUT2D eigenvalue weighted by molar-refractivity contribution is 6.51. The fraction of sp³-hybridized carbons (Fsp3) is 0.286. The molecule has 1 aliphatic rings. The van der Waals surface area contributed by atoms with Gasteiger partial charge in [-0.05, 0) is 87.2 Å². The van der Waals surface area contributed by atoms with Crippen LogP contribution in [-0.4, -0.2) is 23.4 Å². The molecule has 1 aliphatic heterocycles. The van der Waals surface area contributed by atoms with Gasteiger partial charge in [-0.25, -0.2) is 0 Å². The third-order valence-electron chi connectivity index (χ3n) is 6.01. The first-order valence-corrected chi connectivity index (χ1v) is 11.4. The summed E-state index contributed by atoms with van der Waals surface area (Å²) in [6.07, 6.45) is 0.881. The van der Waals surface area contributed by atoms with Crippen molar-refractivity contribution in [1.29, 1.82) is 0 Å². The van der Waals surface area contributed by atoms with E-state index in [2.05, 4.69) is 0 Å². The lowest BCUT2D eigenvalue weighted by atomic mass is 9.98. The van der Waals surface area contributed by atoms with Crippen LogP contribution in [0.3, 0.4) is 0 Å². The summed E-state index contributed by atoms with van der Waals surface area (Å²) in [5.41, 5.74) is 3.67. The van der Waals surface area contributed by atoms with Crippen LogP contribution < -0.4 is 9.64 Å². The van der Waals surface area contributed by atoms with Crippen LogP contribution in [0.15, 0.2) is 58.5 Å². The summed E-state index contributed by atoms with van der Waals surface area (Å²) in [6.45, 7) is 10.1. The maximum absolute atomic E-state index is 13.3. The molecule has 34 heavy (non-hydrogen) atoms. The van der Waals surface area contributed by atoms with Crippen molar-refractivity contribution in [3.05, 3.63) is 87.9 Å². The quantitative estimate of drug-likeness (QED) is 0.281. The maximum atomic E-state index is 13.3. The number of nitrogens with zero attached hydrogens (tertiary/aromatic N) is 1. The molecule has 1 atom stereocenters. The number of anilines is 1. The van der Waals surface area contributed by atoms with Crippen LogP contribution in [0, 0.1) is 27.7 Å². The summed E-state index contributed by atoms with van der Waals surface area (Å²) in [5, 5.41) is 11.3. The van der Waals surface area contributed by atoms with E-state index in [1.54, 1.807) is 37.3 Å². The number of Topliss-reactive ketones (excluding diaryl/α,β-unsaturated/α-hetero) is 1. The van der Waals surface area contributed by atoms with Gasteiger partial charge in [-0.15, -0.1) is 0 Å². The molecule has 1 unspecified atom stereocenters. The minimum absolute atomic E-state index is 0.00174. The first-order chi connectivity index (χ1) is 16.2. The van der Waals surface area contributed by atoms with Gasteiger partial charge in [0.25, 0.3) is 11.7 Å². The molecular weight excluding hydrogens is 430 g/mol. The number of aliphatic hydroxyl groups excluding tert-OH is 1. The lowest BCUT2D eigenvalue weighted by Gasteiger charge is -2.25. The van der Waals surface area contributed by atoms with Gasteiger partial charge in [0.1, 0.15) is 29.1 Å². The summed E-state index contributed by atoms with van der Waals surface area (Å²) < 4.78 is 11.6. The molecule has 0 saturated carbocycles. The van der Waals surface area contributed by atoms with E-state index in [1.807, 2.05) is 45.9 Å². The van der Waals surface area contributed by atoms with Gasteiger partial charge in [0.2, 0.25) is 0 Å². The monoisotopic (exact) mass is 459 g/mol.